The van der Waals surface area contributed by atoms with Crippen LogP contribution in [0.5, 0.6) is 0 Å². The highest BCUT2D eigenvalue weighted by atomic mass is 15.1. The molecule has 0 amide bonds. The number of hydrogen-bond donors (Lipinski definition) is 1. The Labute approximate surface area is 106 Å². The van der Waals surface area contributed by atoms with Crippen LogP contribution in [-0.4, -0.2) is 19.6 Å². The smallest absolute Gasteiger partial charge is 0.0431 e. The molecule has 0 heterocycles. The first-order chi connectivity index (χ1) is 7.97. The number of anilines is 1. The van der Waals surface area contributed by atoms with Crippen molar-refractivity contribution >= 4 is 5.69 Å². The second kappa shape index (κ2) is 6.06. The molecule has 0 aliphatic heterocycles. The largest absolute Gasteiger partial charge is 0.370 e. The van der Waals surface area contributed by atoms with E-state index in [0.29, 0.717) is 24.4 Å². The molecule has 0 aromatic heterocycles. The van der Waals surface area contributed by atoms with Crippen molar-refractivity contribution in [3.8, 4) is 0 Å². The maximum atomic E-state index is 5.85. The maximum absolute atomic E-state index is 5.85. The lowest BCUT2D eigenvalue weighted by atomic mass is 10.0. The van der Waals surface area contributed by atoms with Crippen LogP contribution in [0.15, 0.2) is 24.3 Å². The van der Waals surface area contributed by atoms with Gasteiger partial charge in [0, 0.05) is 25.3 Å². The number of hydrogen-bond acceptors (Lipinski definition) is 2. The van der Waals surface area contributed by atoms with Crippen LogP contribution in [0.1, 0.15) is 39.2 Å². The average Bonchev–Trinajstić information content (AvgIpc) is 2.29. The van der Waals surface area contributed by atoms with Gasteiger partial charge in [-0.1, -0.05) is 39.8 Å². The van der Waals surface area contributed by atoms with Gasteiger partial charge in [-0.05, 0) is 29.5 Å². The van der Waals surface area contributed by atoms with Crippen molar-refractivity contribution in [2.24, 2.45) is 11.7 Å². The number of rotatable bonds is 5. The number of nitrogens with zero attached hydrogens (tertiary/aromatic N) is 1. The van der Waals surface area contributed by atoms with Crippen LogP contribution >= 0.6 is 0 Å². The molecule has 0 aliphatic carbocycles. The summed E-state index contributed by atoms with van der Waals surface area (Å²) in [6, 6.07) is 9.22. The predicted molar refractivity (Wildman–Crippen MR) is 76.6 cm³/mol. The van der Waals surface area contributed by atoms with E-state index < -0.39 is 0 Å². The monoisotopic (exact) mass is 234 g/mol. The van der Waals surface area contributed by atoms with Gasteiger partial charge in [0.25, 0.3) is 0 Å². The molecule has 1 rings (SSSR count). The van der Waals surface area contributed by atoms with Crippen LogP contribution in [0.3, 0.4) is 0 Å². The topological polar surface area (TPSA) is 29.3 Å². The first-order valence-corrected chi connectivity index (χ1v) is 6.50. The summed E-state index contributed by atoms with van der Waals surface area (Å²) >= 11 is 0. The fraction of sp³-hybridized carbons (Fsp3) is 0.600. The molecule has 96 valence electrons. The molecule has 0 spiro atoms. The van der Waals surface area contributed by atoms with Gasteiger partial charge in [-0.2, -0.15) is 0 Å². The molecule has 1 unspecified atom stereocenters. The third-order valence-corrected chi connectivity index (χ3v) is 3.48. The first-order valence-electron chi connectivity index (χ1n) is 6.50. The van der Waals surface area contributed by atoms with Crippen LogP contribution in [0, 0.1) is 5.92 Å². The van der Waals surface area contributed by atoms with Crippen LogP contribution in [-0.2, 0) is 0 Å². The highest BCUT2D eigenvalue weighted by Crippen LogP contribution is 2.22. The van der Waals surface area contributed by atoms with Gasteiger partial charge in [0.05, 0.1) is 0 Å². The molecule has 17 heavy (non-hydrogen) atoms. The fourth-order valence-corrected chi connectivity index (χ4v) is 2.16. The van der Waals surface area contributed by atoms with Crippen molar-refractivity contribution in [2.75, 3.05) is 18.5 Å². The van der Waals surface area contributed by atoms with Crippen molar-refractivity contribution < 1.29 is 0 Å². The van der Waals surface area contributed by atoms with E-state index in [-0.39, 0.29) is 0 Å². The van der Waals surface area contributed by atoms with E-state index in [1.807, 2.05) is 0 Å². The Bertz CT molecular complexity index is 327. The van der Waals surface area contributed by atoms with Crippen molar-refractivity contribution in [3.05, 3.63) is 29.8 Å². The Kier molecular flexibility index (Phi) is 5.01. The van der Waals surface area contributed by atoms with Crippen molar-refractivity contribution in [1.29, 1.82) is 0 Å². The highest BCUT2D eigenvalue weighted by Gasteiger charge is 2.17. The van der Waals surface area contributed by atoms with E-state index in [2.05, 4.69) is 63.9 Å². The molecule has 0 bridgehead atoms. The minimum atomic E-state index is 0.403. The third-order valence-electron chi connectivity index (χ3n) is 3.48. The highest BCUT2D eigenvalue weighted by molar-refractivity contribution is 5.48. The van der Waals surface area contributed by atoms with E-state index >= 15 is 0 Å². The summed E-state index contributed by atoms with van der Waals surface area (Å²) in [7, 11) is 2.13. The minimum Gasteiger partial charge on any atom is -0.370 e. The van der Waals surface area contributed by atoms with Crippen LogP contribution in [0.25, 0.3) is 0 Å². The van der Waals surface area contributed by atoms with E-state index in [0.717, 1.165) is 0 Å². The number of likely N-dealkylation sites (N-methyl/N-ethyl adjacent to an activating group) is 1. The van der Waals surface area contributed by atoms with E-state index in [1.54, 1.807) is 0 Å². The Morgan fingerprint density at radius 2 is 1.59 bits per heavy atom. The van der Waals surface area contributed by atoms with Gasteiger partial charge < -0.3 is 10.6 Å². The second-order valence-electron chi connectivity index (χ2n) is 5.40. The molecular weight excluding hydrogens is 208 g/mol. The third kappa shape index (κ3) is 3.47. The molecule has 1 atom stereocenters. The Hall–Kier alpha value is -1.02. The summed E-state index contributed by atoms with van der Waals surface area (Å²) in [6.45, 7) is 9.57. The molecule has 1 aromatic rings. The molecule has 2 N–H and O–H groups in total. The standard InChI is InChI=1S/C15H26N2/c1-11(2)13-6-8-14(9-7-13)17(5)15(10-16)12(3)4/h6-9,11-12,15H,10,16H2,1-5H3. The summed E-state index contributed by atoms with van der Waals surface area (Å²) in [5.74, 6) is 1.15. The molecule has 0 fully saturated rings. The molecule has 0 saturated carbocycles. The minimum absolute atomic E-state index is 0.403. The molecule has 0 aliphatic rings. The summed E-state index contributed by atoms with van der Waals surface area (Å²) in [6.07, 6.45) is 0. The average molecular weight is 234 g/mol. The van der Waals surface area contributed by atoms with Gasteiger partial charge in [0.2, 0.25) is 0 Å². The van der Waals surface area contributed by atoms with Crippen molar-refractivity contribution in [3.63, 3.8) is 0 Å². The maximum Gasteiger partial charge on any atom is 0.0431 e. The molecular formula is C15H26N2. The first kappa shape index (κ1) is 14.0. The summed E-state index contributed by atoms with van der Waals surface area (Å²) in [5.41, 5.74) is 8.48. The Morgan fingerprint density at radius 3 is 1.94 bits per heavy atom. The van der Waals surface area contributed by atoms with Crippen LogP contribution in [0.2, 0.25) is 0 Å². The molecule has 2 heteroatoms. The van der Waals surface area contributed by atoms with E-state index in [1.165, 1.54) is 11.3 Å². The number of nitrogens with two attached hydrogens (primary N) is 1. The fourth-order valence-electron chi connectivity index (χ4n) is 2.16. The predicted octanol–water partition coefficient (Wildman–Crippen LogP) is 3.23. The summed E-state index contributed by atoms with van der Waals surface area (Å²) < 4.78 is 0. The van der Waals surface area contributed by atoms with Gasteiger partial charge in [0.1, 0.15) is 0 Å². The van der Waals surface area contributed by atoms with Gasteiger partial charge in [-0.3, -0.25) is 0 Å². The quantitative estimate of drug-likeness (QED) is 0.847. The Balaban J connectivity index is 2.85. The van der Waals surface area contributed by atoms with Gasteiger partial charge in [0.15, 0.2) is 0 Å². The zero-order valence-electron chi connectivity index (χ0n) is 11.8. The van der Waals surface area contributed by atoms with Crippen LogP contribution in [0.4, 0.5) is 5.69 Å². The zero-order valence-corrected chi connectivity index (χ0v) is 11.8. The van der Waals surface area contributed by atoms with E-state index in [9.17, 15) is 0 Å². The van der Waals surface area contributed by atoms with Gasteiger partial charge in [-0.15, -0.1) is 0 Å². The lowest BCUT2D eigenvalue weighted by Gasteiger charge is -2.32. The second-order valence-corrected chi connectivity index (χ2v) is 5.40. The van der Waals surface area contributed by atoms with Gasteiger partial charge in [-0.25, -0.2) is 0 Å². The molecule has 0 saturated heterocycles. The zero-order chi connectivity index (χ0) is 13.0. The molecule has 2 nitrogen and oxygen atoms in total. The summed E-state index contributed by atoms with van der Waals surface area (Å²) in [4.78, 5) is 2.29. The van der Waals surface area contributed by atoms with E-state index in [4.69, 9.17) is 5.73 Å². The SMILES string of the molecule is CC(C)c1ccc(N(C)C(CN)C(C)C)cc1. The van der Waals surface area contributed by atoms with Crippen molar-refractivity contribution in [2.45, 2.75) is 39.7 Å². The summed E-state index contributed by atoms with van der Waals surface area (Å²) in [5, 5.41) is 0. The lowest BCUT2D eigenvalue weighted by Crippen LogP contribution is -2.41. The van der Waals surface area contributed by atoms with Gasteiger partial charge >= 0.3 is 0 Å². The number of benzene rings is 1. The molecule has 1 aromatic carbocycles. The normalized spacial score (nSPS) is 13.2. The molecule has 0 radical (unpaired) electrons. The lowest BCUT2D eigenvalue weighted by molar-refractivity contribution is 0.480. The van der Waals surface area contributed by atoms with Crippen molar-refractivity contribution in [1.82, 2.24) is 0 Å². The Morgan fingerprint density at radius 1 is 1.06 bits per heavy atom. The van der Waals surface area contributed by atoms with Crippen LogP contribution < -0.4 is 10.6 Å².